The van der Waals surface area contributed by atoms with Crippen LogP contribution in [0.2, 0.25) is 0 Å². The SMILES string of the molecule is Cc1ncnc(C)c1C(=O)N1CCCCC1. The van der Waals surface area contributed by atoms with Gasteiger partial charge in [0.25, 0.3) is 5.91 Å². The number of carbonyl (C=O) groups is 1. The van der Waals surface area contributed by atoms with Crippen molar-refractivity contribution in [2.75, 3.05) is 13.1 Å². The molecule has 1 aliphatic heterocycles. The summed E-state index contributed by atoms with van der Waals surface area (Å²) >= 11 is 0. The predicted molar refractivity (Wildman–Crippen MR) is 61.3 cm³/mol. The monoisotopic (exact) mass is 219 g/mol. The highest BCUT2D eigenvalue weighted by Crippen LogP contribution is 2.16. The number of rotatable bonds is 1. The molecule has 0 aliphatic carbocycles. The van der Waals surface area contributed by atoms with Crippen LogP contribution in [0.1, 0.15) is 41.0 Å². The van der Waals surface area contributed by atoms with Crippen LogP contribution in [-0.4, -0.2) is 33.9 Å². The maximum atomic E-state index is 12.3. The fraction of sp³-hybridized carbons (Fsp3) is 0.583. The largest absolute Gasteiger partial charge is 0.339 e. The average Bonchev–Trinajstić information content (AvgIpc) is 2.30. The first kappa shape index (κ1) is 11.0. The second-order valence-electron chi connectivity index (χ2n) is 4.27. The van der Waals surface area contributed by atoms with E-state index in [9.17, 15) is 4.79 Å². The van der Waals surface area contributed by atoms with Gasteiger partial charge in [0.05, 0.1) is 17.0 Å². The van der Waals surface area contributed by atoms with Crippen molar-refractivity contribution in [1.82, 2.24) is 14.9 Å². The molecule has 0 bridgehead atoms. The molecule has 0 unspecified atom stereocenters. The van der Waals surface area contributed by atoms with E-state index >= 15 is 0 Å². The Labute approximate surface area is 95.7 Å². The van der Waals surface area contributed by atoms with Gasteiger partial charge in [0.2, 0.25) is 0 Å². The first-order valence-electron chi connectivity index (χ1n) is 5.77. The molecule has 1 saturated heterocycles. The van der Waals surface area contributed by atoms with Crippen molar-refractivity contribution >= 4 is 5.91 Å². The van der Waals surface area contributed by atoms with Crippen LogP contribution >= 0.6 is 0 Å². The molecule has 4 heteroatoms. The Bertz CT molecular complexity index is 377. The summed E-state index contributed by atoms with van der Waals surface area (Å²) in [5.74, 6) is 0.0929. The molecule has 0 spiro atoms. The molecule has 1 aliphatic rings. The molecule has 0 saturated carbocycles. The molecule has 0 N–H and O–H groups in total. The van der Waals surface area contributed by atoms with Gasteiger partial charge in [0.1, 0.15) is 6.33 Å². The highest BCUT2D eigenvalue weighted by Gasteiger charge is 2.22. The van der Waals surface area contributed by atoms with E-state index in [0.717, 1.165) is 37.3 Å². The summed E-state index contributed by atoms with van der Waals surface area (Å²) in [6.45, 7) is 5.47. The van der Waals surface area contributed by atoms with Crippen LogP contribution in [0.4, 0.5) is 0 Å². The number of aryl methyl sites for hydroxylation is 2. The lowest BCUT2D eigenvalue weighted by Crippen LogP contribution is -2.36. The zero-order valence-corrected chi connectivity index (χ0v) is 9.86. The van der Waals surface area contributed by atoms with Gasteiger partial charge in [0, 0.05) is 13.1 Å². The summed E-state index contributed by atoms with van der Waals surface area (Å²) in [5.41, 5.74) is 2.25. The third kappa shape index (κ3) is 2.05. The van der Waals surface area contributed by atoms with Gasteiger partial charge in [-0.05, 0) is 33.1 Å². The van der Waals surface area contributed by atoms with Crippen LogP contribution in [0.3, 0.4) is 0 Å². The van der Waals surface area contributed by atoms with Crippen molar-refractivity contribution in [3.8, 4) is 0 Å². The van der Waals surface area contributed by atoms with E-state index in [-0.39, 0.29) is 5.91 Å². The Balaban J connectivity index is 2.26. The molecule has 0 aromatic carbocycles. The third-order valence-electron chi connectivity index (χ3n) is 3.08. The number of aromatic nitrogens is 2. The van der Waals surface area contributed by atoms with E-state index < -0.39 is 0 Å². The first-order chi connectivity index (χ1) is 7.70. The lowest BCUT2D eigenvalue weighted by atomic mass is 10.1. The van der Waals surface area contributed by atoms with Gasteiger partial charge in [-0.15, -0.1) is 0 Å². The van der Waals surface area contributed by atoms with E-state index in [4.69, 9.17) is 0 Å². The minimum atomic E-state index is 0.0929. The molecular weight excluding hydrogens is 202 g/mol. The van der Waals surface area contributed by atoms with Crippen molar-refractivity contribution in [2.45, 2.75) is 33.1 Å². The van der Waals surface area contributed by atoms with Crippen LogP contribution in [-0.2, 0) is 0 Å². The predicted octanol–water partition coefficient (Wildman–Crippen LogP) is 1.72. The van der Waals surface area contributed by atoms with Gasteiger partial charge in [-0.25, -0.2) is 9.97 Å². The molecule has 86 valence electrons. The second kappa shape index (κ2) is 4.60. The van der Waals surface area contributed by atoms with E-state index in [1.807, 2.05) is 18.7 Å². The quantitative estimate of drug-likeness (QED) is 0.722. The molecule has 1 aromatic heterocycles. The Morgan fingerprint density at radius 2 is 1.69 bits per heavy atom. The van der Waals surface area contributed by atoms with Gasteiger partial charge in [-0.1, -0.05) is 0 Å². The summed E-state index contributed by atoms with van der Waals surface area (Å²) in [4.78, 5) is 22.4. The average molecular weight is 219 g/mol. The number of piperidine rings is 1. The second-order valence-corrected chi connectivity index (χ2v) is 4.27. The Hall–Kier alpha value is -1.45. The molecule has 0 radical (unpaired) electrons. The number of nitrogens with zero attached hydrogens (tertiary/aromatic N) is 3. The number of hydrogen-bond acceptors (Lipinski definition) is 3. The molecule has 1 amide bonds. The highest BCUT2D eigenvalue weighted by atomic mass is 16.2. The van der Waals surface area contributed by atoms with Gasteiger partial charge >= 0.3 is 0 Å². The van der Waals surface area contributed by atoms with E-state index in [1.165, 1.54) is 12.7 Å². The fourth-order valence-corrected chi connectivity index (χ4v) is 2.16. The minimum absolute atomic E-state index is 0.0929. The minimum Gasteiger partial charge on any atom is -0.339 e. The fourth-order valence-electron chi connectivity index (χ4n) is 2.16. The number of hydrogen-bond donors (Lipinski definition) is 0. The molecule has 1 aromatic rings. The van der Waals surface area contributed by atoms with Crippen molar-refractivity contribution in [3.05, 3.63) is 23.3 Å². The van der Waals surface area contributed by atoms with E-state index in [1.54, 1.807) is 0 Å². The van der Waals surface area contributed by atoms with Gasteiger partial charge in [-0.3, -0.25) is 4.79 Å². The molecule has 16 heavy (non-hydrogen) atoms. The molecule has 2 heterocycles. The van der Waals surface area contributed by atoms with Crippen LogP contribution in [0.25, 0.3) is 0 Å². The summed E-state index contributed by atoms with van der Waals surface area (Å²) in [5, 5.41) is 0. The highest BCUT2D eigenvalue weighted by molar-refractivity contribution is 5.96. The maximum absolute atomic E-state index is 12.3. The van der Waals surface area contributed by atoms with Crippen molar-refractivity contribution in [1.29, 1.82) is 0 Å². The summed E-state index contributed by atoms with van der Waals surface area (Å²) in [6, 6.07) is 0. The summed E-state index contributed by atoms with van der Waals surface area (Å²) < 4.78 is 0. The van der Waals surface area contributed by atoms with Crippen LogP contribution in [0, 0.1) is 13.8 Å². The van der Waals surface area contributed by atoms with Crippen molar-refractivity contribution in [2.24, 2.45) is 0 Å². The van der Waals surface area contributed by atoms with Crippen LogP contribution in [0.15, 0.2) is 6.33 Å². The third-order valence-corrected chi connectivity index (χ3v) is 3.08. The Morgan fingerprint density at radius 3 is 2.25 bits per heavy atom. The molecular formula is C12H17N3O. The van der Waals surface area contributed by atoms with E-state index in [0.29, 0.717) is 5.56 Å². The lowest BCUT2D eigenvalue weighted by Gasteiger charge is -2.27. The van der Waals surface area contributed by atoms with Gasteiger partial charge in [0.15, 0.2) is 0 Å². The normalized spacial score (nSPS) is 16.2. The van der Waals surface area contributed by atoms with Crippen molar-refractivity contribution in [3.63, 3.8) is 0 Å². The van der Waals surface area contributed by atoms with Crippen molar-refractivity contribution < 1.29 is 4.79 Å². The Morgan fingerprint density at radius 1 is 1.12 bits per heavy atom. The molecule has 2 rings (SSSR count). The number of likely N-dealkylation sites (tertiary alicyclic amines) is 1. The number of amides is 1. The molecule has 1 fully saturated rings. The zero-order valence-electron chi connectivity index (χ0n) is 9.86. The maximum Gasteiger partial charge on any atom is 0.257 e. The lowest BCUT2D eigenvalue weighted by molar-refractivity contribution is 0.0721. The zero-order chi connectivity index (χ0) is 11.5. The van der Waals surface area contributed by atoms with Crippen LogP contribution < -0.4 is 0 Å². The molecule has 0 atom stereocenters. The van der Waals surface area contributed by atoms with Crippen LogP contribution in [0.5, 0.6) is 0 Å². The topological polar surface area (TPSA) is 46.1 Å². The van der Waals surface area contributed by atoms with Gasteiger partial charge < -0.3 is 4.90 Å². The smallest absolute Gasteiger partial charge is 0.257 e. The Kier molecular flexibility index (Phi) is 3.17. The first-order valence-corrected chi connectivity index (χ1v) is 5.77. The standard InChI is InChI=1S/C12H17N3O/c1-9-11(10(2)14-8-13-9)12(16)15-6-4-3-5-7-15/h8H,3-7H2,1-2H3. The van der Waals surface area contributed by atoms with Gasteiger partial charge in [-0.2, -0.15) is 0 Å². The molecule has 4 nitrogen and oxygen atoms in total. The summed E-state index contributed by atoms with van der Waals surface area (Å²) in [7, 11) is 0. The van der Waals surface area contributed by atoms with E-state index in [2.05, 4.69) is 9.97 Å². The summed E-state index contributed by atoms with van der Waals surface area (Å²) in [6.07, 6.45) is 4.96. The number of carbonyl (C=O) groups excluding carboxylic acids is 1.